The molecule has 0 aliphatic rings. The zero-order valence-corrected chi connectivity index (χ0v) is 14.0. The van der Waals surface area contributed by atoms with Crippen LogP contribution in [0, 0.1) is 0 Å². The van der Waals surface area contributed by atoms with Gasteiger partial charge in [0.15, 0.2) is 5.69 Å². The molecule has 0 spiro atoms. The van der Waals surface area contributed by atoms with Crippen molar-refractivity contribution >= 4 is 11.6 Å². The summed E-state index contributed by atoms with van der Waals surface area (Å²) in [6.45, 7) is 3.67. The lowest BCUT2D eigenvalue weighted by molar-refractivity contribution is 0.102. The largest absolute Gasteiger partial charge is 0.439 e. The molecule has 7 heteroatoms. The minimum atomic E-state index is -0.587. The number of rotatable bonds is 5. The first-order valence-corrected chi connectivity index (χ1v) is 7.77. The number of nitrogens with two attached hydrogens (primary N) is 1. The molecular formula is C18H19N5O2. The Kier molecular flexibility index (Phi) is 4.49. The summed E-state index contributed by atoms with van der Waals surface area (Å²) in [5.74, 6) is 0.821. The molecule has 2 heterocycles. The van der Waals surface area contributed by atoms with Crippen LogP contribution in [-0.2, 0) is 5.54 Å². The van der Waals surface area contributed by atoms with Crippen molar-refractivity contribution in [3.05, 3.63) is 66.1 Å². The molecule has 0 aliphatic heterocycles. The Balaban J connectivity index is 1.65. The van der Waals surface area contributed by atoms with Crippen molar-refractivity contribution in [1.29, 1.82) is 0 Å². The number of hydrogen-bond acceptors (Lipinski definition) is 5. The van der Waals surface area contributed by atoms with E-state index in [9.17, 15) is 4.79 Å². The molecule has 0 unspecified atom stereocenters. The van der Waals surface area contributed by atoms with Gasteiger partial charge in [-0.15, -0.1) is 0 Å². The summed E-state index contributed by atoms with van der Waals surface area (Å²) < 4.78 is 5.61. The standard InChI is InChI=1S/C18H19N5O2/c1-18(2,19)15-11-14(22-23-15)17(24)21-12-6-8-13(9-7-12)25-16-5-3-4-10-20-16/h3-11H,19H2,1-2H3,(H,21,24)(H,22,23). The van der Waals surface area contributed by atoms with Crippen LogP contribution in [0.4, 0.5) is 5.69 Å². The van der Waals surface area contributed by atoms with E-state index in [1.165, 1.54) is 0 Å². The third-order valence-electron chi connectivity index (χ3n) is 3.48. The third kappa shape index (κ3) is 4.21. The van der Waals surface area contributed by atoms with Crippen LogP contribution in [0.15, 0.2) is 54.7 Å². The van der Waals surface area contributed by atoms with Crippen LogP contribution in [-0.4, -0.2) is 21.1 Å². The zero-order valence-electron chi connectivity index (χ0n) is 14.0. The summed E-state index contributed by atoms with van der Waals surface area (Å²) in [7, 11) is 0. The normalized spacial score (nSPS) is 11.2. The molecule has 0 aliphatic carbocycles. The highest BCUT2D eigenvalue weighted by Crippen LogP contribution is 2.21. The lowest BCUT2D eigenvalue weighted by Gasteiger charge is -2.14. The van der Waals surface area contributed by atoms with Gasteiger partial charge in [0.25, 0.3) is 5.91 Å². The van der Waals surface area contributed by atoms with Crippen molar-refractivity contribution in [1.82, 2.24) is 15.2 Å². The van der Waals surface area contributed by atoms with Gasteiger partial charge >= 0.3 is 0 Å². The van der Waals surface area contributed by atoms with E-state index in [1.807, 2.05) is 26.0 Å². The number of ether oxygens (including phenoxy) is 1. The van der Waals surface area contributed by atoms with Gasteiger partial charge in [-0.25, -0.2) is 4.98 Å². The molecule has 128 valence electrons. The van der Waals surface area contributed by atoms with Crippen molar-refractivity contribution in [2.45, 2.75) is 19.4 Å². The minimum absolute atomic E-state index is 0.280. The number of nitrogens with zero attached hydrogens (tertiary/aromatic N) is 2. The van der Waals surface area contributed by atoms with Crippen LogP contribution in [0.5, 0.6) is 11.6 Å². The van der Waals surface area contributed by atoms with E-state index >= 15 is 0 Å². The molecule has 3 aromatic rings. The second-order valence-electron chi connectivity index (χ2n) is 6.14. The summed E-state index contributed by atoms with van der Waals surface area (Å²) in [5.41, 5.74) is 7.00. The van der Waals surface area contributed by atoms with Gasteiger partial charge in [0.1, 0.15) is 5.75 Å². The summed E-state index contributed by atoms with van der Waals surface area (Å²) >= 11 is 0. The van der Waals surface area contributed by atoms with E-state index < -0.39 is 5.54 Å². The van der Waals surface area contributed by atoms with Gasteiger partial charge in [0.2, 0.25) is 5.88 Å². The number of amides is 1. The van der Waals surface area contributed by atoms with E-state index in [0.29, 0.717) is 23.0 Å². The first-order valence-electron chi connectivity index (χ1n) is 7.77. The lowest BCUT2D eigenvalue weighted by atomic mass is 10.0. The van der Waals surface area contributed by atoms with Crippen molar-refractivity contribution in [3.63, 3.8) is 0 Å². The number of nitrogens with one attached hydrogen (secondary N) is 2. The molecule has 3 rings (SSSR count). The predicted octanol–water partition coefficient (Wildman–Crippen LogP) is 3.04. The molecule has 7 nitrogen and oxygen atoms in total. The van der Waals surface area contributed by atoms with Crippen LogP contribution in [0.3, 0.4) is 0 Å². The molecule has 0 radical (unpaired) electrons. The highest BCUT2D eigenvalue weighted by atomic mass is 16.5. The topological polar surface area (TPSA) is 106 Å². The van der Waals surface area contributed by atoms with Crippen molar-refractivity contribution < 1.29 is 9.53 Å². The number of carbonyl (C=O) groups is 1. The van der Waals surface area contributed by atoms with Gasteiger partial charge in [-0.1, -0.05) is 6.07 Å². The molecule has 0 bridgehead atoms. The fraction of sp³-hybridized carbons (Fsp3) is 0.167. The second kappa shape index (κ2) is 6.74. The fourth-order valence-corrected chi connectivity index (χ4v) is 2.10. The SMILES string of the molecule is CC(C)(N)c1cc(C(=O)Nc2ccc(Oc3ccccn3)cc2)n[nH]1. The highest BCUT2D eigenvalue weighted by molar-refractivity contribution is 6.02. The molecule has 0 saturated carbocycles. The summed E-state index contributed by atoms with van der Waals surface area (Å²) in [6.07, 6.45) is 1.66. The second-order valence-corrected chi connectivity index (χ2v) is 6.14. The third-order valence-corrected chi connectivity index (χ3v) is 3.48. The fourth-order valence-electron chi connectivity index (χ4n) is 2.10. The number of aromatic nitrogens is 3. The number of anilines is 1. The Morgan fingerprint density at radius 3 is 2.56 bits per heavy atom. The maximum Gasteiger partial charge on any atom is 0.276 e. The Labute approximate surface area is 145 Å². The summed E-state index contributed by atoms with van der Waals surface area (Å²) in [4.78, 5) is 16.3. The molecule has 1 aromatic carbocycles. The number of H-pyrrole nitrogens is 1. The van der Waals surface area contributed by atoms with Crippen molar-refractivity contribution in [3.8, 4) is 11.6 Å². The van der Waals surface area contributed by atoms with Gasteiger partial charge < -0.3 is 15.8 Å². The predicted molar refractivity (Wildman–Crippen MR) is 94.5 cm³/mol. The van der Waals surface area contributed by atoms with Crippen LogP contribution in [0.25, 0.3) is 0 Å². The molecule has 0 fully saturated rings. The van der Waals surface area contributed by atoms with Gasteiger partial charge in [-0.05, 0) is 50.2 Å². The average molecular weight is 337 g/mol. The van der Waals surface area contributed by atoms with E-state index in [1.54, 1.807) is 42.6 Å². The number of aromatic amines is 1. The monoisotopic (exact) mass is 337 g/mol. The van der Waals surface area contributed by atoms with Crippen LogP contribution >= 0.6 is 0 Å². The number of benzene rings is 1. The Morgan fingerprint density at radius 2 is 1.96 bits per heavy atom. The van der Waals surface area contributed by atoms with E-state index in [2.05, 4.69) is 20.5 Å². The molecule has 0 saturated heterocycles. The Bertz CT molecular complexity index is 851. The summed E-state index contributed by atoms with van der Waals surface area (Å²) in [6, 6.07) is 14.1. The first-order chi connectivity index (χ1) is 11.9. The number of pyridine rings is 1. The maximum absolute atomic E-state index is 12.3. The molecule has 0 atom stereocenters. The summed E-state index contributed by atoms with van der Waals surface area (Å²) in [5, 5.41) is 9.57. The average Bonchev–Trinajstić information content (AvgIpc) is 3.08. The van der Waals surface area contributed by atoms with E-state index in [4.69, 9.17) is 10.5 Å². The highest BCUT2D eigenvalue weighted by Gasteiger charge is 2.19. The number of hydrogen-bond donors (Lipinski definition) is 3. The smallest absolute Gasteiger partial charge is 0.276 e. The first kappa shape index (κ1) is 16.7. The van der Waals surface area contributed by atoms with Crippen LogP contribution in [0.2, 0.25) is 0 Å². The van der Waals surface area contributed by atoms with Gasteiger partial charge in [-0.2, -0.15) is 5.10 Å². The molecule has 2 aromatic heterocycles. The van der Waals surface area contributed by atoms with Crippen molar-refractivity contribution in [2.75, 3.05) is 5.32 Å². The zero-order chi connectivity index (χ0) is 17.9. The van der Waals surface area contributed by atoms with Gasteiger partial charge in [0, 0.05) is 18.0 Å². The van der Waals surface area contributed by atoms with Crippen molar-refractivity contribution in [2.24, 2.45) is 5.73 Å². The van der Waals surface area contributed by atoms with Crippen LogP contribution in [0.1, 0.15) is 30.0 Å². The molecular weight excluding hydrogens is 318 g/mol. The van der Waals surface area contributed by atoms with Gasteiger partial charge in [-0.3, -0.25) is 9.89 Å². The Morgan fingerprint density at radius 1 is 1.20 bits per heavy atom. The maximum atomic E-state index is 12.3. The van der Waals surface area contributed by atoms with Crippen LogP contribution < -0.4 is 15.8 Å². The van der Waals surface area contributed by atoms with E-state index in [-0.39, 0.29) is 11.6 Å². The van der Waals surface area contributed by atoms with Gasteiger partial charge in [0.05, 0.1) is 11.2 Å². The number of carbonyl (C=O) groups excluding carboxylic acids is 1. The lowest BCUT2D eigenvalue weighted by Crippen LogP contribution is -2.29. The molecule has 4 N–H and O–H groups in total. The molecule has 1 amide bonds. The quantitative estimate of drug-likeness (QED) is 0.663. The minimum Gasteiger partial charge on any atom is -0.439 e. The molecule has 25 heavy (non-hydrogen) atoms. The Hall–Kier alpha value is -3.19. The van der Waals surface area contributed by atoms with E-state index in [0.717, 1.165) is 0 Å².